The van der Waals surface area contributed by atoms with Gasteiger partial charge in [-0.25, -0.2) is 0 Å². The SMILES string of the molecule is CCC[CH2][Sn]([CH2]CCC)([CH2]CCC)[c]1ccc(CC#N)cn1. The summed E-state index contributed by atoms with van der Waals surface area (Å²) in [5.41, 5.74) is 1.06. The van der Waals surface area contributed by atoms with Gasteiger partial charge < -0.3 is 0 Å². The van der Waals surface area contributed by atoms with Crippen LogP contribution in [0.5, 0.6) is 0 Å². The molecule has 1 heterocycles. The molecular weight excluding hydrogens is 375 g/mol. The maximum absolute atomic E-state index is 8.83. The van der Waals surface area contributed by atoms with E-state index >= 15 is 0 Å². The summed E-state index contributed by atoms with van der Waals surface area (Å²) >= 11 is -2.35. The van der Waals surface area contributed by atoms with E-state index in [4.69, 9.17) is 10.2 Å². The maximum atomic E-state index is 8.83. The standard InChI is InChI=1S/C7H5N2.3C4H9.Sn/c8-4-3-7-2-1-5-9-6-7;3*1-3-4-2;/h1-2,6H,3H2;3*1,3-4H2,2H3;. The first kappa shape index (κ1) is 19.5. The number of aromatic nitrogens is 1. The summed E-state index contributed by atoms with van der Waals surface area (Å²) in [4.78, 5) is 4.87. The molecule has 0 fully saturated rings. The van der Waals surface area contributed by atoms with Gasteiger partial charge in [-0.2, -0.15) is 0 Å². The molecule has 0 atom stereocenters. The van der Waals surface area contributed by atoms with Crippen molar-refractivity contribution in [2.24, 2.45) is 0 Å². The van der Waals surface area contributed by atoms with E-state index in [1.54, 1.807) is 0 Å². The molecule has 0 aliphatic carbocycles. The van der Waals surface area contributed by atoms with E-state index in [1.807, 2.05) is 6.20 Å². The molecule has 1 aromatic rings. The quantitative estimate of drug-likeness (QED) is 0.473. The molecule has 3 heteroatoms. The molecule has 0 aliphatic rings. The van der Waals surface area contributed by atoms with Gasteiger partial charge in [0, 0.05) is 0 Å². The van der Waals surface area contributed by atoms with Crippen LogP contribution in [0.4, 0.5) is 0 Å². The van der Waals surface area contributed by atoms with Crippen molar-refractivity contribution in [2.45, 2.75) is 79.0 Å². The first-order valence-electron chi connectivity index (χ1n) is 9.04. The Morgan fingerprint density at radius 3 is 1.86 bits per heavy atom. The number of nitriles is 1. The summed E-state index contributed by atoms with van der Waals surface area (Å²) in [7, 11) is 0. The molecule has 0 amide bonds. The minimum atomic E-state index is -2.35. The Labute approximate surface area is 141 Å². The molecule has 0 saturated carbocycles. The van der Waals surface area contributed by atoms with E-state index < -0.39 is 18.4 Å². The molecule has 0 spiro atoms. The molecule has 0 aliphatic heterocycles. The van der Waals surface area contributed by atoms with Crippen LogP contribution in [0, 0.1) is 11.3 Å². The number of unbranched alkanes of at least 4 members (excludes halogenated alkanes) is 3. The number of hydrogen-bond donors (Lipinski definition) is 0. The summed E-state index contributed by atoms with van der Waals surface area (Å²) < 4.78 is 5.83. The summed E-state index contributed by atoms with van der Waals surface area (Å²) in [5.74, 6) is 0. The molecule has 0 N–H and O–H groups in total. The second kappa shape index (κ2) is 11.0. The average molecular weight is 407 g/mol. The van der Waals surface area contributed by atoms with Gasteiger partial charge >= 0.3 is 141 Å². The van der Waals surface area contributed by atoms with Crippen LogP contribution in [0.25, 0.3) is 0 Å². The van der Waals surface area contributed by atoms with Crippen LogP contribution in [0.3, 0.4) is 0 Å². The Bertz CT molecular complexity index is 426. The van der Waals surface area contributed by atoms with Gasteiger partial charge in [-0.15, -0.1) is 0 Å². The van der Waals surface area contributed by atoms with E-state index in [-0.39, 0.29) is 0 Å². The van der Waals surface area contributed by atoms with Crippen LogP contribution < -0.4 is 3.71 Å². The fourth-order valence-corrected chi connectivity index (χ4v) is 18.6. The molecule has 0 unspecified atom stereocenters. The van der Waals surface area contributed by atoms with Crippen LogP contribution >= 0.6 is 0 Å². The van der Waals surface area contributed by atoms with Gasteiger partial charge in [-0.1, -0.05) is 0 Å². The Hall–Kier alpha value is -0.561. The third-order valence-electron chi connectivity index (χ3n) is 4.68. The molecule has 122 valence electrons. The third-order valence-corrected chi connectivity index (χ3v) is 19.8. The van der Waals surface area contributed by atoms with Crippen molar-refractivity contribution in [1.29, 1.82) is 5.26 Å². The number of nitrogens with zero attached hydrogens (tertiary/aromatic N) is 2. The predicted octanol–water partition coefficient (Wildman–Crippen LogP) is 5.20. The Morgan fingerprint density at radius 2 is 1.50 bits per heavy atom. The molecule has 1 rings (SSSR count). The van der Waals surface area contributed by atoms with Crippen molar-refractivity contribution >= 4 is 22.1 Å². The van der Waals surface area contributed by atoms with Gasteiger partial charge in [0.15, 0.2) is 0 Å². The average Bonchev–Trinajstić information content (AvgIpc) is 2.56. The van der Waals surface area contributed by atoms with Crippen molar-refractivity contribution in [3.05, 3.63) is 23.9 Å². The number of rotatable bonds is 11. The first-order valence-corrected chi connectivity index (χ1v) is 16.5. The predicted molar refractivity (Wildman–Crippen MR) is 98.1 cm³/mol. The van der Waals surface area contributed by atoms with E-state index in [9.17, 15) is 0 Å². The monoisotopic (exact) mass is 408 g/mol. The molecule has 0 saturated heterocycles. The summed E-state index contributed by atoms with van der Waals surface area (Å²) in [6.07, 6.45) is 10.4. The first-order chi connectivity index (χ1) is 10.7. The topological polar surface area (TPSA) is 36.7 Å². The van der Waals surface area contributed by atoms with Crippen molar-refractivity contribution in [1.82, 2.24) is 4.98 Å². The number of pyridine rings is 1. The van der Waals surface area contributed by atoms with Crippen molar-refractivity contribution in [2.75, 3.05) is 0 Å². The normalized spacial score (nSPS) is 11.4. The Morgan fingerprint density at radius 1 is 0.955 bits per heavy atom. The van der Waals surface area contributed by atoms with Gasteiger partial charge in [0.05, 0.1) is 0 Å². The van der Waals surface area contributed by atoms with E-state index in [0.717, 1.165) is 5.56 Å². The van der Waals surface area contributed by atoms with Crippen molar-refractivity contribution < 1.29 is 0 Å². The third kappa shape index (κ3) is 5.91. The number of hydrogen-bond acceptors (Lipinski definition) is 2. The molecule has 0 radical (unpaired) electrons. The van der Waals surface area contributed by atoms with Crippen LogP contribution in [0.15, 0.2) is 18.3 Å². The second-order valence-electron chi connectivity index (χ2n) is 6.48. The molecule has 22 heavy (non-hydrogen) atoms. The molecule has 1 aromatic heterocycles. The van der Waals surface area contributed by atoms with Gasteiger partial charge in [0.25, 0.3) is 0 Å². The molecule has 0 aromatic carbocycles. The summed E-state index contributed by atoms with van der Waals surface area (Å²) in [6, 6.07) is 6.66. The summed E-state index contributed by atoms with van der Waals surface area (Å²) in [5, 5.41) is 8.83. The van der Waals surface area contributed by atoms with Crippen LogP contribution in [0.2, 0.25) is 13.3 Å². The zero-order chi connectivity index (χ0) is 16.3. The molecule has 2 nitrogen and oxygen atoms in total. The molecular formula is C19H32N2Sn. The van der Waals surface area contributed by atoms with Crippen molar-refractivity contribution in [3.8, 4) is 6.07 Å². The fraction of sp³-hybridized carbons (Fsp3) is 0.684. The van der Waals surface area contributed by atoms with Crippen LogP contribution in [0.1, 0.15) is 64.9 Å². The van der Waals surface area contributed by atoms with Gasteiger partial charge in [0.2, 0.25) is 0 Å². The Kier molecular flexibility index (Phi) is 9.79. The van der Waals surface area contributed by atoms with Gasteiger partial charge in [0.1, 0.15) is 0 Å². The zero-order valence-electron chi connectivity index (χ0n) is 14.7. The van der Waals surface area contributed by atoms with Gasteiger partial charge in [-0.05, 0) is 0 Å². The fourth-order valence-electron chi connectivity index (χ4n) is 3.24. The van der Waals surface area contributed by atoms with Gasteiger partial charge in [-0.3, -0.25) is 0 Å². The molecule has 0 bridgehead atoms. The second-order valence-corrected chi connectivity index (χ2v) is 19.5. The van der Waals surface area contributed by atoms with E-state index in [1.165, 1.54) is 55.5 Å². The van der Waals surface area contributed by atoms with Crippen molar-refractivity contribution in [3.63, 3.8) is 0 Å². The van der Waals surface area contributed by atoms with Crippen LogP contribution in [-0.4, -0.2) is 23.4 Å². The van der Waals surface area contributed by atoms with E-state index in [2.05, 4.69) is 39.0 Å². The van der Waals surface area contributed by atoms with E-state index in [0.29, 0.717) is 6.42 Å². The van der Waals surface area contributed by atoms with Crippen LogP contribution in [-0.2, 0) is 6.42 Å². The zero-order valence-corrected chi connectivity index (χ0v) is 17.6. The Balaban J connectivity index is 3.04. The minimum absolute atomic E-state index is 0.481. The summed E-state index contributed by atoms with van der Waals surface area (Å²) in [6.45, 7) is 6.92.